The lowest BCUT2D eigenvalue weighted by Gasteiger charge is -2.11. The van der Waals surface area contributed by atoms with Gasteiger partial charge in [0.05, 0.1) is 17.6 Å². The van der Waals surface area contributed by atoms with Crippen LogP contribution in [0, 0.1) is 18.6 Å². The summed E-state index contributed by atoms with van der Waals surface area (Å²) in [6.45, 7) is 6.25. The third-order valence-electron chi connectivity index (χ3n) is 5.72. The molecule has 0 spiro atoms. The first kappa shape index (κ1) is 23.7. The summed E-state index contributed by atoms with van der Waals surface area (Å²) < 4.78 is 30.3. The zero-order valence-corrected chi connectivity index (χ0v) is 19.3. The molecule has 0 unspecified atom stereocenters. The third kappa shape index (κ3) is 4.39. The van der Waals surface area contributed by atoms with Crippen LogP contribution in [-0.2, 0) is 16.1 Å². The molecule has 0 saturated carbocycles. The Morgan fingerprint density at radius 2 is 1.86 bits per heavy atom. The number of carbonyl (C=O) groups excluding carboxylic acids is 2. The Kier molecular flexibility index (Phi) is 6.40. The number of nitrogens with two attached hydrogens (primary N) is 1. The highest BCUT2D eigenvalue weighted by Crippen LogP contribution is 2.38. The first-order valence-electron chi connectivity index (χ1n) is 10.8. The molecule has 35 heavy (non-hydrogen) atoms. The van der Waals surface area contributed by atoms with Gasteiger partial charge in [-0.15, -0.1) is 0 Å². The molecule has 0 radical (unpaired) electrons. The van der Waals surface area contributed by atoms with Crippen molar-refractivity contribution in [3.8, 4) is 11.1 Å². The molecule has 0 bridgehead atoms. The molecule has 4 aromatic rings. The topological polar surface area (TPSA) is 115 Å². The minimum atomic E-state index is -0.592. The summed E-state index contributed by atoms with van der Waals surface area (Å²) in [7, 11) is 0. The van der Waals surface area contributed by atoms with Crippen LogP contribution in [0.15, 0.2) is 41.5 Å². The van der Waals surface area contributed by atoms with Crippen LogP contribution in [0.1, 0.15) is 36.6 Å². The highest BCUT2D eigenvalue weighted by Gasteiger charge is 2.22. The zero-order valence-electron chi connectivity index (χ0n) is 19.3. The number of halogens is 2. The van der Waals surface area contributed by atoms with E-state index in [1.807, 2.05) is 43.0 Å². The number of fused-ring (bicyclic) bond motifs is 2. The number of rotatable bonds is 4. The lowest BCUT2D eigenvalue weighted by atomic mass is 9.97. The van der Waals surface area contributed by atoms with E-state index in [0.717, 1.165) is 34.4 Å². The Morgan fingerprint density at radius 1 is 1.11 bits per heavy atom. The molecule has 1 aliphatic heterocycles. The van der Waals surface area contributed by atoms with Gasteiger partial charge in [-0.05, 0) is 43.5 Å². The largest absolute Gasteiger partial charge is 0.383 e. The van der Waals surface area contributed by atoms with Gasteiger partial charge in [-0.2, -0.15) is 19.6 Å². The van der Waals surface area contributed by atoms with Gasteiger partial charge in [0, 0.05) is 35.6 Å². The molecule has 8 nitrogen and oxygen atoms in total. The number of benzene rings is 2. The highest BCUT2D eigenvalue weighted by molar-refractivity contribution is 6.06. The Bertz CT molecular complexity index is 1500. The van der Waals surface area contributed by atoms with Gasteiger partial charge in [-0.1, -0.05) is 18.2 Å². The third-order valence-corrected chi connectivity index (χ3v) is 5.72. The van der Waals surface area contributed by atoms with Crippen LogP contribution in [0.4, 0.5) is 26.2 Å². The number of aliphatic imine (C=N–C) groups is 1. The molecule has 2 aromatic heterocycles. The van der Waals surface area contributed by atoms with Gasteiger partial charge >= 0.3 is 6.15 Å². The van der Waals surface area contributed by atoms with E-state index in [1.54, 1.807) is 0 Å². The van der Waals surface area contributed by atoms with Gasteiger partial charge in [0.25, 0.3) is 0 Å². The standard InChI is InChI=1S/C24H22F2N6.CO2/c1-12(2)32-11-17(15-6-4-5-14-9-28-10-16(14)15)21-22(27)30-24(31-23(21)32)29-20-8-18(25)13(3)7-19(20)26;2-1-3/h4-8,10-12H,9H2,1-3H3,(H3,27,29,30,31);. The average Bonchev–Trinajstić information content (AvgIpc) is 3.43. The van der Waals surface area contributed by atoms with Crippen LogP contribution < -0.4 is 11.1 Å². The fourth-order valence-electron chi connectivity index (χ4n) is 4.07. The van der Waals surface area contributed by atoms with Crippen molar-refractivity contribution < 1.29 is 18.4 Å². The summed E-state index contributed by atoms with van der Waals surface area (Å²) in [6, 6.07) is 8.41. The second kappa shape index (κ2) is 9.44. The molecule has 0 saturated heterocycles. The van der Waals surface area contributed by atoms with Crippen LogP contribution in [0.5, 0.6) is 0 Å². The van der Waals surface area contributed by atoms with Crippen LogP contribution in [0.2, 0.25) is 0 Å². The number of hydrogen-bond donors (Lipinski definition) is 2. The fourth-order valence-corrected chi connectivity index (χ4v) is 4.07. The summed E-state index contributed by atoms with van der Waals surface area (Å²) in [5.74, 6) is -0.753. The van der Waals surface area contributed by atoms with E-state index < -0.39 is 11.6 Å². The molecular formula is C25H22F2N6O2. The van der Waals surface area contributed by atoms with Gasteiger partial charge in [0.15, 0.2) is 0 Å². The Hall–Kier alpha value is -4.43. The van der Waals surface area contributed by atoms with E-state index >= 15 is 0 Å². The Labute approximate surface area is 199 Å². The normalized spacial score (nSPS) is 11.8. The minimum absolute atomic E-state index is 0.0492. The monoisotopic (exact) mass is 476 g/mol. The molecule has 5 rings (SSSR count). The van der Waals surface area contributed by atoms with E-state index in [9.17, 15) is 8.78 Å². The summed E-state index contributed by atoms with van der Waals surface area (Å²) >= 11 is 0. The smallest absolute Gasteiger partial charge is 0.373 e. The molecule has 178 valence electrons. The number of nitrogen functional groups attached to an aromatic ring is 1. The molecule has 0 amide bonds. The van der Waals surface area contributed by atoms with E-state index in [-0.39, 0.29) is 35.2 Å². The summed E-state index contributed by atoms with van der Waals surface area (Å²) in [5.41, 5.74) is 11.3. The average molecular weight is 476 g/mol. The van der Waals surface area contributed by atoms with Crippen molar-refractivity contribution in [3.05, 3.63) is 64.9 Å². The maximum atomic E-state index is 14.4. The number of nitrogens with one attached hydrogen (secondary N) is 1. The van der Waals surface area contributed by atoms with Crippen LogP contribution >= 0.6 is 0 Å². The first-order chi connectivity index (χ1) is 16.7. The SMILES string of the molecule is Cc1cc(F)c(Nc2nc(N)c3c(-c4cccc5c4C=NC5)cn(C(C)C)c3n2)cc1F.O=C=O. The van der Waals surface area contributed by atoms with E-state index in [4.69, 9.17) is 15.3 Å². The predicted octanol–water partition coefficient (Wildman–Crippen LogP) is 4.94. The molecule has 3 N–H and O–H groups in total. The summed E-state index contributed by atoms with van der Waals surface area (Å²) in [4.78, 5) is 29.6. The van der Waals surface area contributed by atoms with Crippen molar-refractivity contribution in [1.82, 2.24) is 14.5 Å². The van der Waals surface area contributed by atoms with Crippen molar-refractivity contribution in [2.24, 2.45) is 4.99 Å². The van der Waals surface area contributed by atoms with Crippen LogP contribution in [0.3, 0.4) is 0 Å². The van der Waals surface area contributed by atoms with Gasteiger partial charge in [0.1, 0.15) is 23.1 Å². The summed E-state index contributed by atoms with van der Waals surface area (Å²) in [5, 5.41) is 3.49. The van der Waals surface area contributed by atoms with Crippen molar-refractivity contribution in [3.63, 3.8) is 0 Å². The molecule has 0 aliphatic carbocycles. The lowest BCUT2D eigenvalue weighted by Crippen LogP contribution is -2.06. The molecule has 10 heteroatoms. The van der Waals surface area contributed by atoms with Crippen molar-refractivity contribution in [2.45, 2.75) is 33.4 Å². The number of hydrogen-bond acceptors (Lipinski definition) is 7. The lowest BCUT2D eigenvalue weighted by molar-refractivity contribution is -0.191. The molecule has 0 atom stereocenters. The molecule has 2 aromatic carbocycles. The van der Waals surface area contributed by atoms with E-state index in [0.29, 0.717) is 17.6 Å². The van der Waals surface area contributed by atoms with Crippen molar-refractivity contribution >= 4 is 40.9 Å². The predicted molar refractivity (Wildman–Crippen MR) is 128 cm³/mol. The molecule has 1 aliphatic rings. The first-order valence-corrected chi connectivity index (χ1v) is 10.8. The maximum Gasteiger partial charge on any atom is 0.373 e. The van der Waals surface area contributed by atoms with Gasteiger partial charge < -0.3 is 15.6 Å². The zero-order chi connectivity index (χ0) is 25.3. The Morgan fingerprint density at radius 3 is 2.57 bits per heavy atom. The maximum absolute atomic E-state index is 14.4. The second-order valence-electron chi connectivity index (χ2n) is 8.31. The van der Waals surface area contributed by atoms with Gasteiger partial charge in [0.2, 0.25) is 5.95 Å². The van der Waals surface area contributed by atoms with Crippen LogP contribution in [-0.4, -0.2) is 26.9 Å². The number of nitrogens with zero attached hydrogens (tertiary/aromatic N) is 4. The van der Waals surface area contributed by atoms with E-state index in [2.05, 4.69) is 26.3 Å². The van der Waals surface area contributed by atoms with Crippen molar-refractivity contribution in [1.29, 1.82) is 0 Å². The number of aromatic nitrogens is 3. The quantitative estimate of drug-likeness (QED) is 0.431. The minimum Gasteiger partial charge on any atom is -0.383 e. The molecular weight excluding hydrogens is 454 g/mol. The number of aryl methyl sites for hydroxylation is 1. The van der Waals surface area contributed by atoms with E-state index in [1.165, 1.54) is 6.92 Å². The summed E-state index contributed by atoms with van der Waals surface area (Å²) in [6.07, 6.45) is 4.14. The van der Waals surface area contributed by atoms with Crippen LogP contribution in [0.25, 0.3) is 22.2 Å². The number of anilines is 3. The Balaban J connectivity index is 0.000000917. The highest BCUT2D eigenvalue weighted by atomic mass is 19.1. The van der Waals surface area contributed by atoms with Gasteiger partial charge in [-0.3, -0.25) is 4.99 Å². The second-order valence-corrected chi connectivity index (χ2v) is 8.31. The molecule has 0 fully saturated rings. The van der Waals surface area contributed by atoms with Crippen molar-refractivity contribution in [2.75, 3.05) is 11.1 Å². The van der Waals surface area contributed by atoms with Gasteiger partial charge in [-0.25, -0.2) is 8.78 Å². The molecule has 3 heterocycles. The fraction of sp³-hybridized carbons (Fsp3) is 0.200.